The van der Waals surface area contributed by atoms with Crippen molar-refractivity contribution in [3.05, 3.63) is 42.5 Å². The zero-order valence-corrected chi connectivity index (χ0v) is 12.9. The Hall–Kier alpha value is -1.89. The number of fused-ring (bicyclic) bond motifs is 3. The molecule has 0 saturated heterocycles. The van der Waals surface area contributed by atoms with Gasteiger partial charge in [0.2, 0.25) is 10.0 Å². The second kappa shape index (κ2) is 6.08. The van der Waals surface area contributed by atoms with Crippen molar-refractivity contribution in [2.45, 2.75) is 17.7 Å². The SMILES string of the molecule is NCCCCNS(=O)(=O)c1ccc2oc3ccccc3c2c1. The topological polar surface area (TPSA) is 85.3 Å². The van der Waals surface area contributed by atoms with Crippen LogP contribution in [0.5, 0.6) is 0 Å². The summed E-state index contributed by atoms with van der Waals surface area (Å²) in [6.07, 6.45) is 1.53. The number of benzene rings is 2. The molecule has 0 aliphatic rings. The smallest absolute Gasteiger partial charge is 0.240 e. The Morgan fingerprint density at radius 3 is 2.59 bits per heavy atom. The van der Waals surface area contributed by atoms with Crippen molar-refractivity contribution < 1.29 is 12.8 Å². The molecule has 3 N–H and O–H groups in total. The summed E-state index contributed by atoms with van der Waals surface area (Å²) < 4.78 is 33.0. The number of para-hydroxylation sites is 1. The van der Waals surface area contributed by atoms with Gasteiger partial charge in [-0.3, -0.25) is 0 Å². The van der Waals surface area contributed by atoms with Crippen LogP contribution in [0.3, 0.4) is 0 Å². The number of unbranched alkanes of at least 4 members (excludes halogenated alkanes) is 1. The van der Waals surface area contributed by atoms with Crippen LogP contribution in [0.15, 0.2) is 51.8 Å². The van der Waals surface area contributed by atoms with E-state index in [-0.39, 0.29) is 4.90 Å². The van der Waals surface area contributed by atoms with Gasteiger partial charge in [-0.1, -0.05) is 18.2 Å². The highest BCUT2D eigenvalue weighted by Gasteiger charge is 2.16. The molecular formula is C16H18N2O3S. The standard InChI is InChI=1S/C16H18N2O3S/c17-9-3-4-10-18-22(19,20)12-7-8-16-14(11-12)13-5-1-2-6-15(13)21-16/h1-2,5-8,11,18H,3-4,9-10,17H2. The minimum atomic E-state index is -3.51. The number of rotatable bonds is 6. The van der Waals surface area contributed by atoms with Gasteiger partial charge in [0, 0.05) is 17.3 Å². The summed E-state index contributed by atoms with van der Waals surface area (Å²) in [5, 5.41) is 1.72. The highest BCUT2D eigenvalue weighted by atomic mass is 32.2. The fourth-order valence-corrected chi connectivity index (χ4v) is 3.53. The number of hydrogen-bond acceptors (Lipinski definition) is 4. The molecule has 0 bridgehead atoms. The van der Waals surface area contributed by atoms with Crippen LogP contribution in [0.25, 0.3) is 21.9 Å². The molecule has 2 aromatic carbocycles. The number of nitrogens with two attached hydrogens (primary N) is 1. The minimum absolute atomic E-state index is 0.249. The van der Waals surface area contributed by atoms with Gasteiger partial charge in [-0.2, -0.15) is 0 Å². The molecule has 0 saturated carbocycles. The third-order valence-electron chi connectivity index (χ3n) is 3.58. The Morgan fingerprint density at radius 1 is 1.00 bits per heavy atom. The lowest BCUT2D eigenvalue weighted by molar-refractivity contribution is 0.577. The molecule has 1 heterocycles. The maximum absolute atomic E-state index is 12.3. The van der Waals surface area contributed by atoms with Crippen LogP contribution in [0.1, 0.15) is 12.8 Å². The van der Waals surface area contributed by atoms with E-state index in [1.54, 1.807) is 18.2 Å². The molecule has 0 unspecified atom stereocenters. The summed E-state index contributed by atoms with van der Waals surface area (Å²) in [7, 11) is -3.51. The van der Waals surface area contributed by atoms with Gasteiger partial charge in [-0.25, -0.2) is 13.1 Å². The van der Waals surface area contributed by atoms with Gasteiger partial charge < -0.3 is 10.2 Å². The van der Waals surface area contributed by atoms with Crippen molar-refractivity contribution in [3.8, 4) is 0 Å². The quantitative estimate of drug-likeness (QED) is 0.684. The van der Waals surface area contributed by atoms with Gasteiger partial charge in [0.15, 0.2) is 0 Å². The van der Waals surface area contributed by atoms with Gasteiger partial charge in [0.1, 0.15) is 11.2 Å². The predicted octanol–water partition coefficient (Wildman–Crippen LogP) is 2.60. The van der Waals surface area contributed by atoms with Crippen molar-refractivity contribution in [2.75, 3.05) is 13.1 Å². The molecule has 0 radical (unpaired) electrons. The number of hydrogen-bond donors (Lipinski definition) is 2. The van der Waals surface area contributed by atoms with E-state index in [2.05, 4.69) is 4.72 Å². The Balaban J connectivity index is 1.95. The second-order valence-electron chi connectivity index (χ2n) is 5.15. The fourth-order valence-electron chi connectivity index (χ4n) is 2.43. The molecule has 3 rings (SSSR count). The average Bonchev–Trinajstić information content (AvgIpc) is 2.89. The van der Waals surface area contributed by atoms with Gasteiger partial charge in [0.25, 0.3) is 0 Å². The first-order valence-electron chi connectivity index (χ1n) is 7.23. The van der Waals surface area contributed by atoms with Gasteiger partial charge in [-0.05, 0) is 43.7 Å². The molecule has 0 aliphatic carbocycles. The van der Waals surface area contributed by atoms with Crippen molar-refractivity contribution >= 4 is 32.0 Å². The Bertz CT molecular complexity index is 900. The lowest BCUT2D eigenvalue weighted by Crippen LogP contribution is -2.25. The molecule has 0 spiro atoms. The third kappa shape index (κ3) is 2.85. The van der Waals surface area contributed by atoms with E-state index in [9.17, 15) is 8.42 Å². The zero-order chi connectivity index (χ0) is 15.6. The zero-order valence-electron chi connectivity index (χ0n) is 12.1. The number of nitrogens with one attached hydrogen (secondary N) is 1. The molecular weight excluding hydrogens is 300 g/mol. The molecule has 116 valence electrons. The summed E-state index contributed by atoms with van der Waals surface area (Å²) in [4.78, 5) is 0.249. The summed E-state index contributed by atoms with van der Waals surface area (Å²) >= 11 is 0. The lowest BCUT2D eigenvalue weighted by Gasteiger charge is -2.06. The maximum Gasteiger partial charge on any atom is 0.240 e. The van der Waals surface area contributed by atoms with Crippen molar-refractivity contribution in [1.82, 2.24) is 4.72 Å². The van der Waals surface area contributed by atoms with Crippen LogP contribution in [0.4, 0.5) is 0 Å². The number of sulfonamides is 1. The molecule has 0 fully saturated rings. The summed E-state index contributed by atoms with van der Waals surface area (Å²) in [6.45, 7) is 0.957. The van der Waals surface area contributed by atoms with E-state index in [0.717, 1.165) is 29.2 Å². The van der Waals surface area contributed by atoms with Gasteiger partial charge >= 0.3 is 0 Å². The lowest BCUT2D eigenvalue weighted by atomic mass is 10.1. The van der Waals surface area contributed by atoms with Crippen LogP contribution >= 0.6 is 0 Å². The Labute approximate surface area is 129 Å². The van der Waals surface area contributed by atoms with E-state index in [1.807, 2.05) is 24.3 Å². The summed E-state index contributed by atoms with van der Waals surface area (Å²) in [5.74, 6) is 0. The highest BCUT2D eigenvalue weighted by Crippen LogP contribution is 2.30. The maximum atomic E-state index is 12.3. The van der Waals surface area contributed by atoms with Crippen LogP contribution in [0, 0.1) is 0 Å². The third-order valence-corrected chi connectivity index (χ3v) is 5.04. The molecule has 22 heavy (non-hydrogen) atoms. The largest absolute Gasteiger partial charge is 0.456 e. The first kappa shape index (κ1) is 15.0. The van der Waals surface area contributed by atoms with E-state index >= 15 is 0 Å². The molecule has 1 aromatic heterocycles. The minimum Gasteiger partial charge on any atom is -0.456 e. The second-order valence-corrected chi connectivity index (χ2v) is 6.92. The molecule has 3 aromatic rings. The monoisotopic (exact) mass is 318 g/mol. The summed E-state index contributed by atoms with van der Waals surface area (Å²) in [6, 6.07) is 12.5. The van der Waals surface area contributed by atoms with E-state index in [0.29, 0.717) is 18.7 Å². The van der Waals surface area contributed by atoms with Gasteiger partial charge in [-0.15, -0.1) is 0 Å². The van der Waals surface area contributed by atoms with E-state index in [1.165, 1.54) is 0 Å². The Kier molecular flexibility index (Phi) is 4.15. The van der Waals surface area contributed by atoms with Crippen molar-refractivity contribution in [3.63, 3.8) is 0 Å². The predicted molar refractivity (Wildman–Crippen MR) is 87.2 cm³/mol. The van der Waals surface area contributed by atoms with Crippen LogP contribution < -0.4 is 10.5 Å². The molecule has 6 heteroatoms. The van der Waals surface area contributed by atoms with E-state index < -0.39 is 10.0 Å². The highest BCUT2D eigenvalue weighted by molar-refractivity contribution is 7.89. The van der Waals surface area contributed by atoms with Crippen LogP contribution in [0.2, 0.25) is 0 Å². The fraction of sp³-hybridized carbons (Fsp3) is 0.250. The van der Waals surface area contributed by atoms with Gasteiger partial charge in [0.05, 0.1) is 4.90 Å². The van der Waals surface area contributed by atoms with E-state index in [4.69, 9.17) is 10.2 Å². The average molecular weight is 318 g/mol. The first-order valence-corrected chi connectivity index (χ1v) is 8.71. The molecule has 5 nitrogen and oxygen atoms in total. The number of furan rings is 1. The first-order chi connectivity index (χ1) is 10.6. The summed E-state index contributed by atoms with van der Waals surface area (Å²) in [5.41, 5.74) is 6.84. The normalized spacial score (nSPS) is 12.2. The Morgan fingerprint density at radius 2 is 1.77 bits per heavy atom. The van der Waals surface area contributed by atoms with Crippen molar-refractivity contribution in [2.24, 2.45) is 5.73 Å². The molecule has 0 aliphatic heterocycles. The van der Waals surface area contributed by atoms with Crippen LogP contribution in [-0.2, 0) is 10.0 Å². The molecule has 0 atom stereocenters. The van der Waals surface area contributed by atoms with Crippen molar-refractivity contribution in [1.29, 1.82) is 0 Å². The molecule has 0 amide bonds. The van der Waals surface area contributed by atoms with Crippen LogP contribution in [-0.4, -0.2) is 21.5 Å².